The molecule has 1 fully saturated rings. The second-order valence-electron chi connectivity index (χ2n) is 4.66. The Morgan fingerprint density at radius 1 is 1.13 bits per heavy atom. The fourth-order valence-electron chi connectivity index (χ4n) is 2.13. The number of alkyl halides is 2. The van der Waals surface area contributed by atoms with Gasteiger partial charge in [-0.2, -0.15) is 0 Å². The van der Waals surface area contributed by atoms with Gasteiger partial charge in [0.2, 0.25) is 0 Å². The maximum atomic E-state index is 12.8. The second kappa shape index (κ2) is 3.01. The summed E-state index contributed by atoms with van der Waals surface area (Å²) in [4.78, 5) is 0. The monoisotopic (exact) mass is 211 g/mol. The predicted octanol–water partition coefficient (Wildman–Crippen LogP) is 2.89. The van der Waals surface area contributed by atoms with Crippen molar-refractivity contribution in [3.8, 4) is 0 Å². The van der Waals surface area contributed by atoms with Gasteiger partial charge in [0.25, 0.3) is 5.92 Å². The average molecular weight is 211 g/mol. The van der Waals surface area contributed by atoms with E-state index in [1.165, 1.54) is 0 Å². The van der Waals surface area contributed by atoms with Gasteiger partial charge in [-0.25, -0.2) is 8.78 Å². The van der Waals surface area contributed by atoms with Crippen LogP contribution in [0.5, 0.6) is 0 Å². The molecular weight excluding hydrogens is 196 g/mol. The van der Waals surface area contributed by atoms with Crippen molar-refractivity contribution in [3.63, 3.8) is 0 Å². The van der Waals surface area contributed by atoms with Gasteiger partial charge >= 0.3 is 0 Å². The summed E-state index contributed by atoms with van der Waals surface area (Å²) >= 11 is 0. The molecule has 1 nitrogen and oxygen atoms in total. The van der Waals surface area contributed by atoms with Crippen molar-refractivity contribution < 1.29 is 8.78 Å². The van der Waals surface area contributed by atoms with E-state index in [1.807, 2.05) is 32.0 Å². The predicted molar refractivity (Wildman–Crippen MR) is 56.0 cm³/mol. The number of hydrogen-bond donors (Lipinski definition) is 1. The average Bonchev–Trinajstić information content (AvgIpc) is 2.06. The number of halogens is 2. The van der Waals surface area contributed by atoms with Crippen molar-refractivity contribution in [2.24, 2.45) is 5.73 Å². The summed E-state index contributed by atoms with van der Waals surface area (Å²) in [5, 5.41) is 0. The molecule has 15 heavy (non-hydrogen) atoms. The van der Waals surface area contributed by atoms with E-state index in [-0.39, 0.29) is 12.8 Å². The van der Waals surface area contributed by atoms with Crippen molar-refractivity contribution in [2.45, 2.75) is 38.2 Å². The molecule has 2 rings (SSSR count). The van der Waals surface area contributed by atoms with Gasteiger partial charge in [0.15, 0.2) is 0 Å². The van der Waals surface area contributed by atoms with E-state index in [1.54, 1.807) is 0 Å². The minimum atomic E-state index is -2.58. The Balaban J connectivity index is 2.28. The Labute approximate surface area is 88.3 Å². The second-order valence-corrected chi connectivity index (χ2v) is 4.66. The quantitative estimate of drug-likeness (QED) is 0.759. The molecule has 0 atom stereocenters. The van der Waals surface area contributed by atoms with Crippen LogP contribution in [0, 0.1) is 13.8 Å². The van der Waals surface area contributed by atoms with Crippen LogP contribution in [0.4, 0.5) is 8.78 Å². The fourth-order valence-corrected chi connectivity index (χ4v) is 2.13. The molecule has 1 aromatic rings. The third-order valence-corrected chi connectivity index (χ3v) is 3.23. The van der Waals surface area contributed by atoms with E-state index in [0.29, 0.717) is 0 Å². The van der Waals surface area contributed by atoms with E-state index in [2.05, 4.69) is 0 Å². The Hall–Kier alpha value is -0.960. The molecule has 2 N–H and O–H groups in total. The van der Waals surface area contributed by atoms with Gasteiger partial charge < -0.3 is 5.73 Å². The normalized spacial score (nSPS) is 22.2. The van der Waals surface area contributed by atoms with Gasteiger partial charge in [-0.15, -0.1) is 0 Å². The molecule has 0 spiro atoms. The van der Waals surface area contributed by atoms with Crippen LogP contribution in [-0.4, -0.2) is 5.92 Å². The minimum Gasteiger partial charge on any atom is -0.321 e. The Kier molecular flexibility index (Phi) is 2.12. The highest BCUT2D eigenvalue weighted by Gasteiger charge is 2.55. The summed E-state index contributed by atoms with van der Waals surface area (Å²) in [7, 11) is 0. The molecular formula is C12H15F2N. The summed E-state index contributed by atoms with van der Waals surface area (Å²) in [6.45, 7) is 3.97. The lowest BCUT2D eigenvalue weighted by molar-refractivity contribution is -0.125. The molecule has 82 valence electrons. The van der Waals surface area contributed by atoms with Gasteiger partial charge in [-0.05, 0) is 30.5 Å². The van der Waals surface area contributed by atoms with Gasteiger partial charge in [-0.3, -0.25) is 0 Å². The van der Waals surface area contributed by atoms with Crippen LogP contribution in [0.3, 0.4) is 0 Å². The van der Waals surface area contributed by atoms with Crippen molar-refractivity contribution in [3.05, 3.63) is 34.9 Å². The topological polar surface area (TPSA) is 26.0 Å². The molecule has 3 heteroatoms. The van der Waals surface area contributed by atoms with Crippen molar-refractivity contribution in [1.82, 2.24) is 0 Å². The molecule has 1 aliphatic carbocycles. The number of hydrogen-bond acceptors (Lipinski definition) is 1. The smallest absolute Gasteiger partial charge is 0.252 e. The van der Waals surface area contributed by atoms with E-state index >= 15 is 0 Å². The summed E-state index contributed by atoms with van der Waals surface area (Å²) in [6.07, 6.45) is -0.467. The summed E-state index contributed by atoms with van der Waals surface area (Å²) < 4.78 is 25.6. The standard InChI is InChI=1S/C12H15F2N/c1-8-3-4-10(5-9(8)2)11(15)6-12(13,14)7-11/h3-5H,6-7,15H2,1-2H3. The number of benzene rings is 1. The van der Waals surface area contributed by atoms with Crippen molar-refractivity contribution in [1.29, 1.82) is 0 Å². The highest BCUT2D eigenvalue weighted by atomic mass is 19.3. The Morgan fingerprint density at radius 3 is 2.20 bits per heavy atom. The summed E-state index contributed by atoms with van der Waals surface area (Å²) in [5.41, 5.74) is 8.22. The molecule has 0 aromatic heterocycles. The first-order chi connectivity index (χ1) is 6.82. The zero-order valence-electron chi connectivity index (χ0n) is 8.98. The van der Waals surface area contributed by atoms with Crippen LogP contribution in [0.15, 0.2) is 18.2 Å². The molecule has 0 amide bonds. The maximum absolute atomic E-state index is 12.8. The van der Waals surface area contributed by atoms with E-state index < -0.39 is 11.5 Å². The number of rotatable bonds is 1. The summed E-state index contributed by atoms with van der Waals surface area (Å²) in [5.74, 6) is -2.58. The molecule has 0 bridgehead atoms. The molecule has 0 saturated heterocycles. The third kappa shape index (κ3) is 1.76. The highest BCUT2D eigenvalue weighted by molar-refractivity contribution is 5.36. The lowest BCUT2D eigenvalue weighted by Gasteiger charge is -2.45. The van der Waals surface area contributed by atoms with Crippen LogP contribution < -0.4 is 5.73 Å². The largest absolute Gasteiger partial charge is 0.321 e. The molecule has 0 unspecified atom stereocenters. The van der Waals surface area contributed by atoms with Crippen molar-refractivity contribution >= 4 is 0 Å². The van der Waals surface area contributed by atoms with Crippen LogP contribution in [0.2, 0.25) is 0 Å². The van der Waals surface area contributed by atoms with E-state index in [0.717, 1.165) is 16.7 Å². The molecule has 0 radical (unpaired) electrons. The molecule has 1 aliphatic rings. The lowest BCUT2D eigenvalue weighted by atomic mass is 9.69. The number of nitrogens with two attached hydrogens (primary N) is 1. The van der Waals surface area contributed by atoms with Crippen LogP contribution >= 0.6 is 0 Å². The first-order valence-corrected chi connectivity index (χ1v) is 5.07. The van der Waals surface area contributed by atoms with E-state index in [4.69, 9.17) is 5.73 Å². The molecule has 0 heterocycles. The fraction of sp³-hybridized carbons (Fsp3) is 0.500. The SMILES string of the molecule is Cc1ccc(C2(N)CC(F)(F)C2)cc1C. The van der Waals surface area contributed by atoms with E-state index in [9.17, 15) is 8.78 Å². The maximum Gasteiger partial charge on any atom is 0.252 e. The highest BCUT2D eigenvalue weighted by Crippen LogP contribution is 2.49. The van der Waals surface area contributed by atoms with Gasteiger partial charge in [0.05, 0.1) is 5.54 Å². The first kappa shape index (κ1) is 10.6. The van der Waals surface area contributed by atoms with Crippen LogP contribution in [-0.2, 0) is 5.54 Å². The summed E-state index contributed by atoms with van der Waals surface area (Å²) in [6, 6.07) is 5.72. The van der Waals surface area contributed by atoms with Crippen molar-refractivity contribution in [2.75, 3.05) is 0 Å². The van der Waals surface area contributed by atoms with Gasteiger partial charge in [0.1, 0.15) is 0 Å². The molecule has 1 aromatic carbocycles. The third-order valence-electron chi connectivity index (χ3n) is 3.23. The van der Waals surface area contributed by atoms with Crippen LogP contribution in [0.25, 0.3) is 0 Å². The zero-order chi connectivity index (χ0) is 11.3. The Bertz CT molecular complexity index is 391. The van der Waals surface area contributed by atoms with Gasteiger partial charge in [-0.1, -0.05) is 18.2 Å². The van der Waals surface area contributed by atoms with Crippen LogP contribution in [0.1, 0.15) is 29.5 Å². The minimum absolute atomic E-state index is 0.234. The number of aryl methyl sites for hydroxylation is 2. The zero-order valence-corrected chi connectivity index (χ0v) is 8.98. The molecule has 0 aliphatic heterocycles. The Morgan fingerprint density at radius 2 is 1.73 bits per heavy atom. The first-order valence-electron chi connectivity index (χ1n) is 5.07. The molecule has 1 saturated carbocycles. The van der Waals surface area contributed by atoms with Gasteiger partial charge in [0, 0.05) is 12.8 Å². The lowest BCUT2D eigenvalue weighted by Crippen LogP contribution is -2.55.